The van der Waals surface area contributed by atoms with Gasteiger partial charge in [-0.05, 0) is 18.1 Å². The van der Waals surface area contributed by atoms with Gasteiger partial charge >= 0.3 is 0 Å². The van der Waals surface area contributed by atoms with Gasteiger partial charge < -0.3 is 9.64 Å². The summed E-state index contributed by atoms with van der Waals surface area (Å²) in [6.07, 6.45) is 4.50. The highest BCUT2D eigenvalue weighted by Crippen LogP contribution is 2.19. The van der Waals surface area contributed by atoms with Gasteiger partial charge in [0.1, 0.15) is 0 Å². The van der Waals surface area contributed by atoms with Gasteiger partial charge in [0, 0.05) is 20.0 Å². The molecule has 1 aromatic heterocycles. The van der Waals surface area contributed by atoms with Gasteiger partial charge in [-0.3, -0.25) is 4.79 Å². The number of allylic oxidation sites excluding steroid dienone is 1. The van der Waals surface area contributed by atoms with E-state index >= 15 is 0 Å². The lowest BCUT2D eigenvalue weighted by Crippen LogP contribution is -2.25. The first kappa shape index (κ1) is 15.0. The summed E-state index contributed by atoms with van der Waals surface area (Å²) in [5, 5.41) is 0. The van der Waals surface area contributed by atoms with Gasteiger partial charge in [0.15, 0.2) is 0 Å². The Balaban J connectivity index is 2.25. The van der Waals surface area contributed by atoms with E-state index in [4.69, 9.17) is 4.74 Å². The summed E-state index contributed by atoms with van der Waals surface area (Å²) < 4.78 is 5.12. The third-order valence-corrected chi connectivity index (χ3v) is 3.24. The van der Waals surface area contributed by atoms with Crippen molar-refractivity contribution in [3.63, 3.8) is 0 Å². The lowest BCUT2D eigenvalue weighted by atomic mass is 10.1. The quantitative estimate of drug-likeness (QED) is 0.765. The minimum atomic E-state index is 0.0859. The first-order valence-corrected chi connectivity index (χ1v) is 6.79. The number of ether oxygens (including phenoxy) is 1. The van der Waals surface area contributed by atoms with Gasteiger partial charge in [-0.25, -0.2) is 9.97 Å². The highest BCUT2D eigenvalue weighted by atomic mass is 16.5. The molecule has 5 nitrogen and oxygen atoms in total. The number of para-hydroxylation sites is 1. The van der Waals surface area contributed by atoms with Crippen molar-refractivity contribution >= 4 is 16.9 Å². The van der Waals surface area contributed by atoms with Crippen LogP contribution in [0.5, 0.6) is 5.88 Å². The predicted octanol–water partition coefficient (Wildman–Crippen LogP) is 2.56. The number of hydrogen-bond acceptors (Lipinski definition) is 4. The first-order valence-electron chi connectivity index (χ1n) is 6.79. The van der Waals surface area contributed by atoms with Crippen molar-refractivity contribution < 1.29 is 9.53 Å². The Morgan fingerprint density at radius 1 is 1.48 bits per heavy atom. The third-order valence-electron chi connectivity index (χ3n) is 3.24. The van der Waals surface area contributed by atoms with Crippen LogP contribution in [0.4, 0.5) is 0 Å². The Morgan fingerprint density at radius 2 is 2.29 bits per heavy atom. The first-order chi connectivity index (χ1) is 10.2. The topological polar surface area (TPSA) is 55.3 Å². The molecule has 0 radical (unpaired) electrons. The van der Waals surface area contributed by atoms with E-state index in [0.717, 1.165) is 16.6 Å². The molecule has 2 aromatic rings. The minimum Gasteiger partial charge on any atom is -0.480 e. The van der Waals surface area contributed by atoms with Crippen LogP contribution in [0, 0.1) is 0 Å². The molecule has 0 aliphatic heterocycles. The third kappa shape index (κ3) is 3.56. The zero-order valence-electron chi connectivity index (χ0n) is 12.4. The van der Waals surface area contributed by atoms with E-state index in [9.17, 15) is 4.79 Å². The zero-order valence-corrected chi connectivity index (χ0v) is 12.4. The van der Waals surface area contributed by atoms with Crippen molar-refractivity contribution in [3.05, 3.63) is 42.6 Å². The summed E-state index contributed by atoms with van der Waals surface area (Å²) in [6, 6.07) is 5.76. The molecule has 5 heteroatoms. The van der Waals surface area contributed by atoms with Crippen molar-refractivity contribution in [2.24, 2.45) is 0 Å². The van der Waals surface area contributed by atoms with Crippen LogP contribution in [-0.2, 0) is 11.3 Å². The average molecular weight is 285 g/mol. The van der Waals surface area contributed by atoms with Gasteiger partial charge in [-0.15, -0.1) is 6.58 Å². The fraction of sp³-hybridized carbons (Fsp3) is 0.312. The zero-order chi connectivity index (χ0) is 15.2. The molecule has 0 saturated carbocycles. The van der Waals surface area contributed by atoms with E-state index in [-0.39, 0.29) is 5.91 Å². The normalized spacial score (nSPS) is 10.4. The molecule has 0 saturated heterocycles. The largest absolute Gasteiger partial charge is 0.480 e. The SMILES string of the molecule is C=CCCC(=O)N(C)Cc1cccc2ncc(OC)nc12. The molecule has 0 spiro atoms. The molecule has 0 bridgehead atoms. The maximum Gasteiger partial charge on any atom is 0.232 e. The second kappa shape index (κ2) is 6.83. The number of carbonyl (C=O) groups excluding carboxylic acids is 1. The lowest BCUT2D eigenvalue weighted by molar-refractivity contribution is -0.130. The maximum absolute atomic E-state index is 12.0. The van der Waals surface area contributed by atoms with E-state index in [1.165, 1.54) is 0 Å². The van der Waals surface area contributed by atoms with Crippen molar-refractivity contribution in [2.45, 2.75) is 19.4 Å². The molecule has 21 heavy (non-hydrogen) atoms. The summed E-state index contributed by atoms with van der Waals surface area (Å²) in [5.41, 5.74) is 2.51. The molecule has 0 aliphatic rings. The molecule has 0 atom stereocenters. The molecule has 110 valence electrons. The number of carbonyl (C=O) groups is 1. The average Bonchev–Trinajstić information content (AvgIpc) is 2.52. The number of methoxy groups -OCH3 is 1. The Labute approximate surface area is 124 Å². The van der Waals surface area contributed by atoms with Crippen LogP contribution in [0.2, 0.25) is 0 Å². The minimum absolute atomic E-state index is 0.0859. The summed E-state index contributed by atoms with van der Waals surface area (Å²) in [5.74, 6) is 0.554. The van der Waals surface area contributed by atoms with E-state index in [0.29, 0.717) is 25.3 Å². The molecule has 1 heterocycles. The van der Waals surface area contributed by atoms with Crippen LogP contribution in [-0.4, -0.2) is 34.9 Å². The smallest absolute Gasteiger partial charge is 0.232 e. The van der Waals surface area contributed by atoms with Gasteiger partial charge in [0.05, 0.1) is 24.3 Å². The number of benzene rings is 1. The summed E-state index contributed by atoms with van der Waals surface area (Å²) >= 11 is 0. The number of fused-ring (bicyclic) bond motifs is 1. The van der Waals surface area contributed by atoms with Gasteiger partial charge in [-0.2, -0.15) is 0 Å². The van der Waals surface area contributed by atoms with Crippen LogP contribution in [0.15, 0.2) is 37.1 Å². The standard InChI is InChI=1S/C16H19N3O2/c1-4-5-9-15(20)19(2)11-12-7-6-8-13-16(12)18-14(21-3)10-17-13/h4,6-8,10H,1,5,9,11H2,2-3H3. The van der Waals surface area contributed by atoms with E-state index in [2.05, 4.69) is 16.5 Å². The number of hydrogen-bond donors (Lipinski definition) is 0. The molecule has 0 aliphatic carbocycles. The van der Waals surface area contributed by atoms with E-state index in [1.807, 2.05) is 18.2 Å². The van der Waals surface area contributed by atoms with E-state index in [1.54, 1.807) is 31.3 Å². The van der Waals surface area contributed by atoms with Crippen LogP contribution < -0.4 is 4.74 Å². The molecular weight excluding hydrogens is 266 g/mol. The highest BCUT2D eigenvalue weighted by molar-refractivity contribution is 5.80. The summed E-state index contributed by atoms with van der Waals surface area (Å²) in [7, 11) is 3.35. The van der Waals surface area contributed by atoms with Gasteiger partial charge in [0.25, 0.3) is 0 Å². The Bertz CT molecular complexity index is 655. The number of nitrogens with zero attached hydrogens (tertiary/aromatic N) is 3. The van der Waals surface area contributed by atoms with Gasteiger partial charge in [-0.1, -0.05) is 18.2 Å². The molecule has 1 amide bonds. The molecule has 1 aromatic carbocycles. The Morgan fingerprint density at radius 3 is 3.00 bits per heavy atom. The highest BCUT2D eigenvalue weighted by Gasteiger charge is 2.12. The van der Waals surface area contributed by atoms with Crippen LogP contribution in [0.3, 0.4) is 0 Å². The number of rotatable bonds is 6. The Hall–Kier alpha value is -2.43. The maximum atomic E-state index is 12.0. The van der Waals surface area contributed by atoms with E-state index < -0.39 is 0 Å². The lowest BCUT2D eigenvalue weighted by Gasteiger charge is -2.17. The van der Waals surface area contributed by atoms with Crippen LogP contribution in [0.25, 0.3) is 11.0 Å². The Kier molecular flexibility index (Phi) is 4.87. The monoisotopic (exact) mass is 285 g/mol. The molecule has 0 fully saturated rings. The number of amides is 1. The second-order valence-electron chi connectivity index (χ2n) is 4.77. The second-order valence-corrected chi connectivity index (χ2v) is 4.77. The summed E-state index contributed by atoms with van der Waals surface area (Å²) in [6.45, 7) is 4.13. The summed E-state index contributed by atoms with van der Waals surface area (Å²) in [4.78, 5) is 22.4. The molecule has 2 rings (SSSR count). The van der Waals surface area contributed by atoms with Crippen LogP contribution >= 0.6 is 0 Å². The fourth-order valence-corrected chi connectivity index (χ4v) is 2.06. The van der Waals surface area contributed by atoms with Gasteiger partial charge in [0.2, 0.25) is 11.8 Å². The fourth-order valence-electron chi connectivity index (χ4n) is 2.06. The van der Waals surface area contributed by atoms with Crippen molar-refractivity contribution in [1.82, 2.24) is 14.9 Å². The van der Waals surface area contributed by atoms with Crippen molar-refractivity contribution in [3.8, 4) is 5.88 Å². The van der Waals surface area contributed by atoms with Crippen molar-refractivity contribution in [1.29, 1.82) is 0 Å². The predicted molar refractivity (Wildman–Crippen MR) is 82.0 cm³/mol. The van der Waals surface area contributed by atoms with Crippen LogP contribution in [0.1, 0.15) is 18.4 Å². The number of aromatic nitrogens is 2. The molecular formula is C16H19N3O2. The molecule has 0 N–H and O–H groups in total. The van der Waals surface area contributed by atoms with Crippen molar-refractivity contribution in [2.75, 3.05) is 14.2 Å². The molecule has 0 unspecified atom stereocenters.